The number of fused-ring (bicyclic) bond motifs is 2. The van der Waals surface area contributed by atoms with Crippen molar-refractivity contribution in [1.29, 1.82) is 0 Å². The van der Waals surface area contributed by atoms with Gasteiger partial charge in [0.2, 0.25) is 0 Å². The Morgan fingerprint density at radius 3 is 2.55 bits per heavy atom. The Labute approximate surface area is 120 Å². The Balaban J connectivity index is 1.60. The Bertz CT molecular complexity index is 485. The molecular weight excluding hydrogens is 250 g/mol. The maximum atomic E-state index is 12.3. The number of carbonyl (C=O) groups is 1. The van der Waals surface area contributed by atoms with Gasteiger partial charge in [0, 0.05) is 17.3 Å². The highest BCUT2D eigenvalue weighted by Crippen LogP contribution is 2.49. The second-order valence-electron chi connectivity index (χ2n) is 6.32. The summed E-state index contributed by atoms with van der Waals surface area (Å²) < 4.78 is 0. The van der Waals surface area contributed by atoms with E-state index in [4.69, 9.17) is 5.84 Å². The summed E-state index contributed by atoms with van der Waals surface area (Å²) >= 11 is 0. The van der Waals surface area contributed by atoms with Gasteiger partial charge in [-0.25, -0.2) is 0 Å². The van der Waals surface area contributed by atoms with Crippen LogP contribution in [0.15, 0.2) is 24.3 Å². The molecule has 2 saturated carbocycles. The molecule has 4 N–H and O–H groups in total. The number of benzene rings is 1. The van der Waals surface area contributed by atoms with E-state index < -0.39 is 0 Å². The van der Waals surface area contributed by atoms with Crippen LogP contribution < -0.4 is 16.6 Å². The van der Waals surface area contributed by atoms with E-state index >= 15 is 0 Å². The number of nitrogens with one attached hydrogen (secondary N) is 2. The van der Waals surface area contributed by atoms with E-state index in [1.807, 2.05) is 12.1 Å². The summed E-state index contributed by atoms with van der Waals surface area (Å²) in [5.41, 5.74) is 4.07. The molecule has 0 aromatic heterocycles. The summed E-state index contributed by atoms with van der Waals surface area (Å²) in [6.45, 7) is 2.15. The van der Waals surface area contributed by atoms with E-state index in [9.17, 15) is 4.79 Å². The van der Waals surface area contributed by atoms with Crippen LogP contribution in [-0.4, -0.2) is 11.9 Å². The number of hydrogen-bond acceptors (Lipinski definition) is 3. The number of nitrogens with two attached hydrogens (primary N) is 1. The first-order valence-corrected chi connectivity index (χ1v) is 7.55. The average Bonchev–Trinajstić information content (AvgIpc) is 3.10. The SMILES string of the molecule is CC(NC(=O)c1ccc(NN)cc1)C1CC2CCC1C2. The van der Waals surface area contributed by atoms with Crippen molar-refractivity contribution in [2.24, 2.45) is 23.6 Å². The van der Waals surface area contributed by atoms with E-state index in [1.165, 1.54) is 25.7 Å². The minimum Gasteiger partial charge on any atom is -0.349 e. The number of rotatable bonds is 4. The molecule has 0 aliphatic heterocycles. The summed E-state index contributed by atoms with van der Waals surface area (Å²) in [5.74, 6) is 7.76. The number of hydrazine groups is 1. The molecule has 1 amide bonds. The zero-order valence-corrected chi connectivity index (χ0v) is 11.9. The topological polar surface area (TPSA) is 67.2 Å². The van der Waals surface area contributed by atoms with Crippen LogP contribution in [0.3, 0.4) is 0 Å². The molecule has 3 rings (SSSR count). The van der Waals surface area contributed by atoms with Crippen molar-refractivity contribution in [2.75, 3.05) is 5.43 Å². The Morgan fingerprint density at radius 2 is 2.00 bits per heavy atom. The standard InChI is InChI=1S/C16H23N3O/c1-10(15-9-11-2-3-13(15)8-11)18-16(20)12-4-6-14(19-17)7-5-12/h4-7,10-11,13,15,19H,2-3,8-9,17H2,1H3,(H,18,20). The van der Waals surface area contributed by atoms with Gasteiger partial charge in [-0.3, -0.25) is 10.6 Å². The van der Waals surface area contributed by atoms with Gasteiger partial charge < -0.3 is 10.7 Å². The molecule has 0 spiro atoms. The van der Waals surface area contributed by atoms with Gasteiger partial charge in [-0.15, -0.1) is 0 Å². The molecule has 4 atom stereocenters. The van der Waals surface area contributed by atoms with Crippen LogP contribution >= 0.6 is 0 Å². The second-order valence-corrected chi connectivity index (χ2v) is 6.32. The van der Waals surface area contributed by atoms with Crippen LogP contribution in [0.25, 0.3) is 0 Å². The number of carbonyl (C=O) groups excluding carboxylic acids is 1. The third kappa shape index (κ3) is 2.52. The van der Waals surface area contributed by atoms with Gasteiger partial charge in [-0.2, -0.15) is 0 Å². The second kappa shape index (κ2) is 5.44. The number of hydrogen-bond donors (Lipinski definition) is 3. The van der Waals surface area contributed by atoms with Gasteiger partial charge >= 0.3 is 0 Å². The fraction of sp³-hybridized carbons (Fsp3) is 0.562. The van der Waals surface area contributed by atoms with Crippen LogP contribution in [0.1, 0.15) is 43.0 Å². The van der Waals surface area contributed by atoms with Gasteiger partial charge in [0.05, 0.1) is 0 Å². The number of anilines is 1. The van der Waals surface area contributed by atoms with Crippen molar-refractivity contribution in [3.8, 4) is 0 Å². The maximum absolute atomic E-state index is 12.3. The molecule has 1 aromatic rings. The lowest BCUT2D eigenvalue weighted by Gasteiger charge is -2.28. The van der Waals surface area contributed by atoms with Crippen LogP contribution in [0.4, 0.5) is 5.69 Å². The van der Waals surface area contributed by atoms with Crippen molar-refractivity contribution >= 4 is 11.6 Å². The molecule has 4 heteroatoms. The monoisotopic (exact) mass is 273 g/mol. The predicted molar refractivity (Wildman–Crippen MR) is 80.1 cm³/mol. The lowest BCUT2D eigenvalue weighted by atomic mass is 9.84. The summed E-state index contributed by atoms with van der Waals surface area (Å²) in [4.78, 5) is 12.3. The third-order valence-corrected chi connectivity index (χ3v) is 5.11. The van der Waals surface area contributed by atoms with E-state index in [1.54, 1.807) is 12.1 Å². The van der Waals surface area contributed by atoms with Gasteiger partial charge in [-0.05, 0) is 68.2 Å². The lowest BCUT2D eigenvalue weighted by molar-refractivity contribution is 0.0915. The normalized spacial score (nSPS) is 29.2. The molecule has 4 unspecified atom stereocenters. The highest BCUT2D eigenvalue weighted by Gasteiger charge is 2.42. The van der Waals surface area contributed by atoms with Crippen molar-refractivity contribution in [1.82, 2.24) is 5.32 Å². The van der Waals surface area contributed by atoms with Crippen LogP contribution in [0, 0.1) is 17.8 Å². The first-order valence-electron chi connectivity index (χ1n) is 7.55. The lowest BCUT2D eigenvalue weighted by Crippen LogP contribution is -2.40. The smallest absolute Gasteiger partial charge is 0.251 e. The molecule has 0 radical (unpaired) electrons. The van der Waals surface area contributed by atoms with Crippen LogP contribution in [0.5, 0.6) is 0 Å². The molecule has 1 aromatic carbocycles. The van der Waals surface area contributed by atoms with Gasteiger partial charge in [0.25, 0.3) is 5.91 Å². The molecule has 2 bridgehead atoms. The fourth-order valence-corrected chi connectivity index (χ4v) is 4.02. The Kier molecular flexibility index (Phi) is 3.66. The van der Waals surface area contributed by atoms with Crippen molar-refractivity contribution in [2.45, 2.75) is 38.6 Å². The molecule has 2 aliphatic rings. The summed E-state index contributed by atoms with van der Waals surface area (Å²) in [7, 11) is 0. The molecule has 2 aliphatic carbocycles. The molecule has 0 saturated heterocycles. The van der Waals surface area contributed by atoms with E-state index in [-0.39, 0.29) is 11.9 Å². The third-order valence-electron chi connectivity index (χ3n) is 5.11. The van der Waals surface area contributed by atoms with Crippen molar-refractivity contribution in [3.05, 3.63) is 29.8 Å². The highest BCUT2D eigenvalue weighted by molar-refractivity contribution is 5.94. The van der Waals surface area contributed by atoms with Gasteiger partial charge in [-0.1, -0.05) is 6.42 Å². The first-order chi connectivity index (χ1) is 9.67. The minimum absolute atomic E-state index is 0.0174. The average molecular weight is 273 g/mol. The van der Waals surface area contributed by atoms with E-state index in [2.05, 4.69) is 17.7 Å². The quantitative estimate of drug-likeness (QED) is 0.583. The molecule has 2 fully saturated rings. The number of amides is 1. The Hall–Kier alpha value is -1.55. The fourth-order valence-electron chi connectivity index (χ4n) is 4.02. The molecule has 108 valence electrons. The molecule has 20 heavy (non-hydrogen) atoms. The van der Waals surface area contributed by atoms with Crippen LogP contribution in [-0.2, 0) is 0 Å². The van der Waals surface area contributed by atoms with E-state index in [0.717, 1.165) is 17.5 Å². The maximum Gasteiger partial charge on any atom is 0.251 e. The zero-order chi connectivity index (χ0) is 14.1. The molecular formula is C16H23N3O. The minimum atomic E-state index is 0.0174. The zero-order valence-electron chi connectivity index (χ0n) is 11.9. The molecule has 0 heterocycles. The van der Waals surface area contributed by atoms with Crippen LogP contribution in [0.2, 0.25) is 0 Å². The molecule has 4 nitrogen and oxygen atoms in total. The van der Waals surface area contributed by atoms with E-state index in [0.29, 0.717) is 11.5 Å². The van der Waals surface area contributed by atoms with Crippen molar-refractivity contribution < 1.29 is 4.79 Å². The number of nitrogen functional groups attached to an aromatic ring is 1. The van der Waals surface area contributed by atoms with Gasteiger partial charge in [0.1, 0.15) is 0 Å². The van der Waals surface area contributed by atoms with Crippen molar-refractivity contribution in [3.63, 3.8) is 0 Å². The first kappa shape index (κ1) is 13.4. The summed E-state index contributed by atoms with van der Waals surface area (Å²) in [5, 5.41) is 3.17. The largest absolute Gasteiger partial charge is 0.349 e. The summed E-state index contributed by atoms with van der Waals surface area (Å²) in [6, 6.07) is 7.51. The summed E-state index contributed by atoms with van der Waals surface area (Å²) in [6.07, 6.45) is 5.42. The van der Waals surface area contributed by atoms with Gasteiger partial charge in [0.15, 0.2) is 0 Å². The predicted octanol–water partition coefficient (Wildman–Crippen LogP) is 2.53. The Morgan fingerprint density at radius 1 is 1.25 bits per heavy atom. The highest BCUT2D eigenvalue weighted by atomic mass is 16.1.